The highest BCUT2D eigenvalue weighted by Gasteiger charge is 2.08. The number of nitrogens with zero attached hydrogens (tertiary/aromatic N) is 1. The van der Waals surface area contributed by atoms with Crippen LogP contribution in [0, 0.1) is 6.92 Å². The Morgan fingerprint density at radius 3 is 2.57 bits per heavy atom. The van der Waals surface area contributed by atoms with Crippen molar-refractivity contribution in [1.29, 1.82) is 0 Å². The summed E-state index contributed by atoms with van der Waals surface area (Å²) < 4.78 is 0.937. The van der Waals surface area contributed by atoms with E-state index >= 15 is 0 Å². The van der Waals surface area contributed by atoms with Crippen LogP contribution in [0.4, 0.5) is 5.69 Å². The summed E-state index contributed by atoms with van der Waals surface area (Å²) in [5.74, 6) is -0.480. The lowest BCUT2D eigenvalue weighted by molar-refractivity contribution is -0.123. The average molecular weight is 368 g/mol. The SMILES string of the molecule is Cc1nc(CC(=O)NCC(=O)Nc2ccc(Br)cc2)cs1. The Kier molecular flexibility index (Phi) is 5.46. The first-order chi connectivity index (χ1) is 10.0. The lowest BCUT2D eigenvalue weighted by Gasteiger charge is -2.06. The summed E-state index contributed by atoms with van der Waals surface area (Å²) >= 11 is 4.82. The number of halogens is 1. The van der Waals surface area contributed by atoms with Crippen LogP contribution in [-0.4, -0.2) is 23.3 Å². The molecule has 0 spiro atoms. The molecule has 0 bridgehead atoms. The molecule has 2 aromatic rings. The number of aryl methyl sites for hydroxylation is 1. The van der Waals surface area contributed by atoms with E-state index in [2.05, 4.69) is 31.5 Å². The third-order valence-corrected chi connectivity index (χ3v) is 3.93. The second-order valence-corrected chi connectivity index (χ2v) is 6.34. The van der Waals surface area contributed by atoms with Gasteiger partial charge in [0.1, 0.15) is 0 Å². The molecule has 0 unspecified atom stereocenters. The van der Waals surface area contributed by atoms with E-state index in [9.17, 15) is 9.59 Å². The first-order valence-corrected chi connectivity index (χ1v) is 7.93. The van der Waals surface area contributed by atoms with Gasteiger partial charge in [-0.1, -0.05) is 15.9 Å². The Morgan fingerprint density at radius 1 is 1.24 bits per heavy atom. The highest BCUT2D eigenvalue weighted by atomic mass is 79.9. The Labute approximate surface area is 134 Å². The van der Waals surface area contributed by atoms with Crippen LogP contribution < -0.4 is 10.6 Å². The Bertz CT molecular complexity index is 640. The van der Waals surface area contributed by atoms with Gasteiger partial charge in [0.25, 0.3) is 0 Å². The van der Waals surface area contributed by atoms with Crippen LogP contribution in [-0.2, 0) is 16.0 Å². The van der Waals surface area contributed by atoms with Crippen LogP contribution in [0.3, 0.4) is 0 Å². The number of rotatable bonds is 5. The van der Waals surface area contributed by atoms with Gasteiger partial charge < -0.3 is 10.6 Å². The van der Waals surface area contributed by atoms with Crippen molar-refractivity contribution in [2.75, 3.05) is 11.9 Å². The van der Waals surface area contributed by atoms with Crippen molar-refractivity contribution in [2.24, 2.45) is 0 Å². The summed E-state index contributed by atoms with van der Waals surface area (Å²) in [7, 11) is 0. The highest BCUT2D eigenvalue weighted by Crippen LogP contribution is 2.13. The number of hydrogen-bond acceptors (Lipinski definition) is 4. The molecule has 2 N–H and O–H groups in total. The number of thiazole rings is 1. The predicted molar refractivity (Wildman–Crippen MR) is 86.3 cm³/mol. The van der Waals surface area contributed by atoms with Crippen LogP contribution >= 0.6 is 27.3 Å². The van der Waals surface area contributed by atoms with E-state index in [1.165, 1.54) is 11.3 Å². The molecule has 1 aromatic heterocycles. The molecule has 0 radical (unpaired) electrons. The van der Waals surface area contributed by atoms with Crippen LogP contribution in [0.25, 0.3) is 0 Å². The number of benzene rings is 1. The van der Waals surface area contributed by atoms with Crippen LogP contribution in [0.15, 0.2) is 34.1 Å². The molecule has 0 aliphatic carbocycles. The maximum absolute atomic E-state index is 11.7. The topological polar surface area (TPSA) is 71.1 Å². The molecule has 0 fully saturated rings. The van der Waals surface area contributed by atoms with Crippen molar-refractivity contribution in [1.82, 2.24) is 10.3 Å². The van der Waals surface area contributed by atoms with Crippen LogP contribution in [0.1, 0.15) is 10.7 Å². The molecule has 0 aliphatic rings. The molecule has 0 atom stereocenters. The number of hydrogen-bond donors (Lipinski definition) is 2. The maximum Gasteiger partial charge on any atom is 0.243 e. The molecular weight excluding hydrogens is 354 g/mol. The van der Waals surface area contributed by atoms with Gasteiger partial charge in [-0.05, 0) is 31.2 Å². The Morgan fingerprint density at radius 2 is 1.95 bits per heavy atom. The number of amides is 2. The second kappa shape index (κ2) is 7.33. The van der Waals surface area contributed by atoms with E-state index in [-0.39, 0.29) is 24.8 Å². The van der Waals surface area contributed by atoms with Crippen molar-refractivity contribution in [3.05, 3.63) is 44.8 Å². The third kappa shape index (κ3) is 5.28. The van der Waals surface area contributed by atoms with Gasteiger partial charge in [0.2, 0.25) is 11.8 Å². The summed E-state index contributed by atoms with van der Waals surface area (Å²) in [6, 6.07) is 7.22. The normalized spacial score (nSPS) is 10.2. The van der Waals surface area contributed by atoms with Gasteiger partial charge in [-0.25, -0.2) is 4.98 Å². The summed E-state index contributed by atoms with van der Waals surface area (Å²) in [6.07, 6.45) is 0.190. The molecule has 2 rings (SSSR count). The van der Waals surface area contributed by atoms with E-state index in [4.69, 9.17) is 0 Å². The first-order valence-electron chi connectivity index (χ1n) is 6.26. The smallest absolute Gasteiger partial charge is 0.243 e. The Hall–Kier alpha value is -1.73. The van der Waals surface area contributed by atoms with Gasteiger partial charge in [0, 0.05) is 15.5 Å². The third-order valence-electron chi connectivity index (χ3n) is 2.58. The molecule has 110 valence electrons. The van der Waals surface area contributed by atoms with Gasteiger partial charge in [0.15, 0.2) is 0 Å². The van der Waals surface area contributed by atoms with Gasteiger partial charge in [-0.3, -0.25) is 9.59 Å². The molecule has 21 heavy (non-hydrogen) atoms. The fraction of sp³-hybridized carbons (Fsp3) is 0.214. The van der Waals surface area contributed by atoms with E-state index < -0.39 is 0 Å². The number of carbonyl (C=O) groups excluding carboxylic acids is 2. The van der Waals surface area contributed by atoms with Crippen molar-refractivity contribution in [2.45, 2.75) is 13.3 Å². The molecular formula is C14H14BrN3O2S. The van der Waals surface area contributed by atoms with Crippen molar-refractivity contribution >= 4 is 44.8 Å². The Balaban J connectivity index is 1.75. The highest BCUT2D eigenvalue weighted by molar-refractivity contribution is 9.10. The molecule has 1 heterocycles. The molecule has 0 saturated heterocycles. The molecule has 0 aliphatic heterocycles. The molecule has 0 saturated carbocycles. The van der Waals surface area contributed by atoms with Crippen LogP contribution in [0.2, 0.25) is 0 Å². The molecule has 7 heteroatoms. The van der Waals surface area contributed by atoms with E-state index in [0.717, 1.165) is 15.2 Å². The number of nitrogens with one attached hydrogen (secondary N) is 2. The quantitative estimate of drug-likeness (QED) is 0.852. The minimum absolute atomic E-state index is 0.0575. The van der Waals surface area contributed by atoms with Gasteiger partial charge >= 0.3 is 0 Å². The van der Waals surface area contributed by atoms with Crippen LogP contribution in [0.5, 0.6) is 0 Å². The zero-order valence-corrected chi connectivity index (χ0v) is 13.8. The van der Waals surface area contributed by atoms with Gasteiger partial charge in [-0.2, -0.15) is 0 Å². The van der Waals surface area contributed by atoms with Crippen molar-refractivity contribution < 1.29 is 9.59 Å². The summed E-state index contributed by atoms with van der Waals surface area (Å²) in [4.78, 5) is 27.6. The number of carbonyl (C=O) groups is 2. The van der Waals surface area contributed by atoms with E-state index in [1.54, 1.807) is 12.1 Å². The second-order valence-electron chi connectivity index (χ2n) is 4.37. The summed E-state index contributed by atoms with van der Waals surface area (Å²) in [5.41, 5.74) is 1.41. The van der Waals surface area contributed by atoms with Gasteiger partial charge in [0.05, 0.1) is 23.7 Å². The fourth-order valence-corrected chi connectivity index (χ4v) is 2.51. The maximum atomic E-state index is 11.7. The lowest BCUT2D eigenvalue weighted by atomic mass is 10.3. The average Bonchev–Trinajstić information content (AvgIpc) is 2.84. The number of aromatic nitrogens is 1. The fourth-order valence-electron chi connectivity index (χ4n) is 1.63. The standard InChI is InChI=1S/C14H14BrN3O2S/c1-9-17-12(8-21-9)6-13(19)16-7-14(20)18-11-4-2-10(15)3-5-11/h2-5,8H,6-7H2,1H3,(H,16,19)(H,18,20). The van der Waals surface area contributed by atoms with Gasteiger partial charge in [-0.15, -0.1) is 11.3 Å². The predicted octanol–water partition coefficient (Wildman–Crippen LogP) is 2.51. The van der Waals surface area contributed by atoms with Crippen molar-refractivity contribution in [3.63, 3.8) is 0 Å². The summed E-state index contributed by atoms with van der Waals surface area (Å²) in [6.45, 7) is 1.83. The number of anilines is 1. The summed E-state index contributed by atoms with van der Waals surface area (Å²) in [5, 5.41) is 8.05. The molecule has 2 amide bonds. The lowest BCUT2D eigenvalue weighted by Crippen LogP contribution is -2.33. The zero-order valence-electron chi connectivity index (χ0n) is 11.4. The minimum Gasteiger partial charge on any atom is -0.347 e. The zero-order chi connectivity index (χ0) is 15.2. The van der Waals surface area contributed by atoms with Crippen molar-refractivity contribution in [3.8, 4) is 0 Å². The first kappa shape index (κ1) is 15.7. The molecule has 1 aromatic carbocycles. The monoisotopic (exact) mass is 367 g/mol. The largest absolute Gasteiger partial charge is 0.347 e. The minimum atomic E-state index is -0.264. The van der Waals surface area contributed by atoms with E-state index in [1.807, 2.05) is 24.4 Å². The molecule has 5 nitrogen and oxygen atoms in total. The van der Waals surface area contributed by atoms with E-state index in [0.29, 0.717) is 5.69 Å².